The third-order valence-corrected chi connectivity index (χ3v) is 7.29. The number of carboxylic acid groups (broad SMARTS) is 1. The van der Waals surface area contributed by atoms with Gasteiger partial charge in [-0.1, -0.05) is 6.07 Å². The summed E-state index contributed by atoms with van der Waals surface area (Å²) in [5.74, 6) is 1.74. The van der Waals surface area contributed by atoms with Crippen molar-refractivity contribution in [2.75, 3.05) is 19.7 Å². The summed E-state index contributed by atoms with van der Waals surface area (Å²) in [5, 5.41) is 8.76. The number of carboxylic acids is 1. The molecule has 0 radical (unpaired) electrons. The van der Waals surface area contributed by atoms with Crippen LogP contribution in [0.3, 0.4) is 0 Å². The summed E-state index contributed by atoms with van der Waals surface area (Å²) in [4.78, 5) is 25.8. The second-order valence-electron chi connectivity index (χ2n) is 10.6. The molecule has 7 heteroatoms. The van der Waals surface area contributed by atoms with Gasteiger partial charge < -0.3 is 19.1 Å². The van der Waals surface area contributed by atoms with Crippen molar-refractivity contribution in [2.24, 2.45) is 0 Å². The van der Waals surface area contributed by atoms with E-state index in [-0.39, 0.29) is 17.7 Å². The number of carbonyl (C=O) groups is 1. The van der Waals surface area contributed by atoms with Gasteiger partial charge in [0.05, 0.1) is 6.10 Å². The average molecular weight is 481 g/mol. The fourth-order valence-electron chi connectivity index (χ4n) is 5.25. The Morgan fingerprint density at radius 3 is 2.26 bits per heavy atom. The lowest BCUT2D eigenvalue weighted by Crippen LogP contribution is -2.37. The number of rotatable bonds is 10. The van der Waals surface area contributed by atoms with Crippen molar-refractivity contribution in [1.29, 1.82) is 0 Å². The molecule has 0 unspecified atom stereocenters. The van der Waals surface area contributed by atoms with Crippen LogP contribution in [0.15, 0.2) is 35.3 Å². The first-order chi connectivity index (χ1) is 16.9. The Balaban J connectivity index is 1.26. The van der Waals surface area contributed by atoms with Crippen molar-refractivity contribution >= 4 is 5.97 Å². The number of aromatic nitrogens is 1. The topological polar surface area (TPSA) is 81.0 Å². The summed E-state index contributed by atoms with van der Waals surface area (Å²) < 4.78 is 13.2. The molecule has 1 aromatic carbocycles. The maximum Gasteiger partial charge on any atom is 0.341 e. The van der Waals surface area contributed by atoms with Gasteiger partial charge in [-0.3, -0.25) is 9.69 Å². The second kappa shape index (κ2) is 10.1. The summed E-state index contributed by atoms with van der Waals surface area (Å²) in [5.41, 5.74) is 4.23. The Labute approximate surface area is 206 Å². The summed E-state index contributed by atoms with van der Waals surface area (Å²) >= 11 is 0. The van der Waals surface area contributed by atoms with Crippen molar-refractivity contribution in [3.8, 4) is 11.5 Å². The third-order valence-electron chi connectivity index (χ3n) is 7.29. The molecule has 0 atom stereocenters. The van der Waals surface area contributed by atoms with Gasteiger partial charge in [-0.15, -0.1) is 0 Å². The van der Waals surface area contributed by atoms with Crippen molar-refractivity contribution in [1.82, 2.24) is 9.47 Å². The number of hydrogen-bond donors (Lipinski definition) is 1. The molecule has 188 valence electrons. The van der Waals surface area contributed by atoms with E-state index in [9.17, 15) is 9.59 Å². The molecular weight excluding hydrogens is 444 g/mol. The third kappa shape index (κ3) is 5.89. The zero-order valence-corrected chi connectivity index (χ0v) is 20.7. The Morgan fingerprint density at radius 2 is 1.69 bits per heavy atom. The Hall–Kier alpha value is -2.80. The van der Waals surface area contributed by atoms with E-state index in [0.29, 0.717) is 5.75 Å². The molecule has 0 amide bonds. The van der Waals surface area contributed by atoms with Crippen molar-refractivity contribution < 1.29 is 19.4 Å². The van der Waals surface area contributed by atoms with Crippen LogP contribution >= 0.6 is 0 Å². The van der Waals surface area contributed by atoms with E-state index >= 15 is 0 Å². The maximum absolute atomic E-state index is 12.6. The van der Waals surface area contributed by atoms with Crippen LogP contribution in [-0.4, -0.2) is 46.3 Å². The highest BCUT2D eigenvalue weighted by Crippen LogP contribution is 2.51. The zero-order chi connectivity index (χ0) is 24.5. The summed E-state index contributed by atoms with van der Waals surface area (Å²) in [6.07, 6.45) is 8.89. The van der Waals surface area contributed by atoms with Gasteiger partial charge in [0.1, 0.15) is 11.5 Å². The summed E-state index contributed by atoms with van der Waals surface area (Å²) in [6.45, 7) is 6.44. The van der Waals surface area contributed by atoms with E-state index in [0.717, 1.165) is 50.1 Å². The van der Waals surface area contributed by atoms with Gasteiger partial charge in [-0.05, 0) is 87.5 Å². The van der Waals surface area contributed by atoms with Gasteiger partial charge in [0, 0.05) is 43.5 Å². The molecule has 1 aliphatic heterocycles. The van der Waals surface area contributed by atoms with Gasteiger partial charge in [0.2, 0.25) is 0 Å². The minimum atomic E-state index is -1.06. The molecule has 3 fully saturated rings. The Bertz CT molecular complexity index is 1120. The molecule has 0 spiro atoms. The van der Waals surface area contributed by atoms with E-state index in [1.807, 2.05) is 0 Å². The van der Waals surface area contributed by atoms with Crippen LogP contribution in [0.4, 0.5) is 0 Å². The fourth-order valence-corrected chi connectivity index (χ4v) is 5.25. The van der Waals surface area contributed by atoms with E-state index in [1.165, 1.54) is 42.9 Å². The predicted molar refractivity (Wildman–Crippen MR) is 134 cm³/mol. The molecule has 35 heavy (non-hydrogen) atoms. The van der Waals surface area contributed by atoms with Gasteiger partial charge in [-0.25, -0.2) is 4.79 Å². The summed E-state index contributed by atoms with van der Waals surface area (Å²) in [6, 6.07) is 7.98. The predicted octanol–water partition coefficient (Wildman–Crippen LogP) is 4.69. The summed E-state index contributed by atoms with van der Waals surface area (Å²) in [7, 11) is 0. The molecule has 5 rings (SSSR count). The van der Waals surface area contributed by atoms with Gasteiger partial charge in [0.15, 0.2) is 6.61 Å². The van der Waals surface area contributed by atoms with Crippen LogP contribution in [0.5, 0.6) is 11.5 Å². The largest absolute Gasteiger partial charge is 0.491 e. The van der Waals surface area contributed by atoms with E-state index in [2.05, 4.69) is 30.9 Å². The van der Waals surface area contributed by atoms with Crippen molar-refractivity contribution in [2.45, 2.75) is 82.9 Å². The maximum atomic E-state index is 12.6. The molecule has 7 nitrogen and oxygen atoms in total. The van der Waals surface area contributed by atoms with E-state index in [1.54, 1.807) is 22.4 Å². The van der Waals surface area contributed by atoms with Crippen LogP contribution in [-0.2, 0) is 11.3 Å². The van der Waals surface area contributed by atoms with Crippen LogP contribution in [0, 0.1) is 0 Å². The number of benzene rings is 1. The smallest absolute Gasteiger partial charge is 0.341 e. The highest BCUT2D eigenvalue weighted by Gasteiger charge is 2.34. The lowest BCUT2D eigenvalue weighted by molar-refractivity contribution is -0.139. The first-order valence-corrected chi connectivity index (χ1v) is 13.0. The SMILES string of the molecule is CC(C)Oc1cc(C2CC2)c(C2CC2)cc1CN1CCC(n2ccc(OCC(=O)O)cc2=O)CC1. The van der Waals surface area contributed by atoms with Crippen LogP contribution in [0.1, 0.15) is 86.9 Å². The molecule has 3 aliphatic rings. The quantitative estimate of drug-likeness (QED) is 0.531. The standard InChI is InChI=1S/C28H36N2O5/c1-18(2)35-26-15-25(20-5-6-20)24(19-3-4-19)13-21(26)16-29-10-7-22(8-11-29)30-12-9-23(14-27(30)31)34-17-28(32)33/h9,12-15,18-20,22H,3-8,10-11,16-17H2,1-2H3,(H,32,33). The molecule has 1 N–H and O–H groups in total. The first-order valence-electron chi connectivity index (χ1n) is 13.0. The van der Waals surface area contributed by atoms with Crippen molar-refractivity contribution in [3.63, 3.8) is 0 Å². The van der Waals surface area contributed by atoms with Crippen molar-refractivity contribution in [3.05, 3.63) is 57.5 Å². The minimum Gasteiger partial charge on any atom is -0.491 e. The van der Waals surface area contributed by atoms with Gasteiger partial charge >= 0.3 is 5.97 Å². The molecule has 2 aromatic rings. The first kappa shape index (κ1) is 23.9. The molecule has 0 bridgehead atoms. The van der Waals surface area contributed by atoms with Crippen LogP contribution in [0.25, 0.3) is 0 Å². The zero-order valence-electron chi connectivity index (χ0n) is 20.7. The number of likely N-dealkylation sites (tertiary alicyclic amines) is 1. The van der Waals surface area contributed by atoms with E-state index in [4.69, 9.17) is 14.6 Å². The molecule has 2 saturated carbocycles. The minimum absolute atomic E-state index is 0.137. The number of pyridine rings is 1. The average Bonchev–Trinajstić information content (AvgIpc) is 3.72. The number of piperidine rings is 1. The monoisotopic (exact) mass is 480 g/mol. The number of ether oxygens (including phenoxy) is 2. The fraction of sp³-hybridized carbons (Fsp3) is 0.571. The highest BCUT2D eigenvalue weighted by molar-refractivity contribution is 5.68. The van der Waals surface area contributed by atoms with Crippen LogP contribution in [0.2, 0.25) is 0 Å². The molecule has 1 aromatic heterocycles. The lowest BCUT2D eigenvalue weighted by atomic mass is 9.95. The Kier molecular flexibility index (Phi) is 6.87. The number of aliphatic carboxylic acids is 1. The molecule has 1 saturated heterocycles. The Morgan fingerprint density at radius 1 is 1.03 bits per heavy atom. The van der Waals surface area contributed by atoms with E-state index < -0.39 is 12.6 Å². The van der Waals surface area contributed by atoms with Gasteiger partial charge in [0.25, 0.3) is 5.56 Å². The molecule has 2 heterocycles. The second-order valence-corrected chi connectivity index (χ2v) is 10.6. The lowest BCUT2D eigenvalue weighted by Gasteiger charge is -2.33. The van der Waals surface area contributed by atoms with Gasteiger partial charge in [-0.2, -0.15) is 0 Å². The number of hydrogen-bond acceptors (Lipinski definition) is 5. The van der Waals surface area contributed by atoms with Crippen LogP contribution < -0.4 is 15.0 Å². The number of nitrogens with zero attached hydrogens (tertiary/aromatic N) is 2. The molecule has 2 aliphatic carbocycles. The molecular formula is C28H36N2O5. The highest BCUT2D eigenvalue weighted by atomic mass is 16.5. The normalized spacial score (nSPS) is 19.2.